The summed E-state index contributed by atoms with van der Waals surface area (Å²) in [6.45, 7) is 2.80. The van der Waals surface area contributed by atoms with Gasteiger partial charge in [-0.1, -0.05) is 13.3 Å². The van der Waals surface area contributed by atoms with Gasteiger partial charge in [0.05, 0.1) is 12.0 Å². The fraction of sp³-hybridized carbons (Fsp3) is 0.545. The third-order valence-corrected chi connectivity index (χ3v) is 2.44. The van der Waals surface area contributed by atoms with Gasteiger partial charge < -0.3 is 9.64 Å². The Morgan fingerprint density at radius 2 is 2.24 bits per heavy atom. The molecule has 0 bridgehead atoms. The van der Waals surface area contributed by atoms with Gasteiger partial charge in [0.1, 0.15) is 0 Å². The lowest BCUT2D eigenvalue weighted by Crippen LogP contribution is -2.21. The topological polar surface area (TPSA) is 68.5 Å². The van der Waals surface area contributed by atoms with Crippen molar-refractivity contribution in [1.29, 1.82) is 0 Å². The maximum absolute atomic E-state index is 10.9. The second-order valence-electron chi connectivity index (χ2n) is 3.73. The van der Waals surface area contributed by atoms with Crippen LogP contribution in [0.2, 0.25) is 0 Å². The second-order valence-corrected chi connectivity index (χ2v) is 3.73. The van der Waals surface area contributed by atoms with E-state index < -0.39 is 4.92 Å². The molecule has 1 heterocycles. The summed E-state index contributed by atoms with van der Waals surface area (Å²) in [5.41, 5.74) is 0.00408. The van der Waals surface area contributed by atoms with Crippen LogP contribution in [0, 0.1) is 10.1 Å². The van der Waals surface area contributed by atoms with Crippen molar-refractivity contribution in [1.82, 2.24) is 4.98 Å². The fourth-order valence-corrected chi connectivity index (χ4v) is 1.46. The van der Waals surface area contributed by atoms with Crippen LogP contribution in [0.15, 0.2) is 12.1 Å². The van der Waals surface area contributed by atoms with E-state index in [0.29, 0.717) is 11.7 Å². The predicted octanol–water partition coefficient (Wildman–Crippen LogP) is 2.23. The molecule has 0 atom stereocenters. The molecular weight excluding hydrogens is 222 g/mol. The molecule has 0 saturated carbocycles. The molecule has 0 aliphatic carbocycles. The van der Waals surface area contributed by atoms with E-state index in [-0.39, 0.29) is 5.69 Å². The van der Waals surface area contributed by atoms with Crippen molar-refractivity contribution in [3.8, 4) is 5.88 Å². The Morgan fingerprint density at radius 3 is 2.76 bits per heavy atom. The number of nitro groups is 1. The molecule has 0 unspecified atom stereocenters. The zero-order valence-electron chi connectivity index (χ0n) is 10.3. The van der Waals surface area contributed by atoms with E-state index in [1.54, 1.807) is 11.9 Å². The van der Waals surface area contributed by atoms with Crippen LogP contribution in [0.3, 0.4) is 0 Å². The summed E-state index contributed by atoms with van der Waals surface area (Å²) in [4.78, 5) is 16.4. The smallest absolute Gasteiger partial charge is 0.311 e. The molecule has 0 amide bonds. The first-order chi connectivity index (χ1) is 8.10. The molecule has 94 valence electrons. The third kappa shape index (κ3) is 3.30. The summed E-state index contributed by atoms with van der Waals surface area (Å²) >= 11 is 0. The number of hydrogen-bond donors (Lipinski definition) is 0. The minimum Gasteiger partial charge on any atom is -0.481 e. The quantitative estimate of drug-likeness (QED) is 0.562. The zero-order valence-corrected chi connectivity index (χ0v) is 10.3. The molecule has 1 aromatic heterocycles. The lowest BCUT2D eigenvalue weighted by atomic mass is 10.3. The van der Waals surface area contributed by atoms with E-state index in [1.807, 2.05) is 0 Å². The highest BCUT2D eigenvalue weighted by molar-refractivity contribution is 5.58. The van der Waals surface area contributed by atoms with Gasteiger partial charge in [0.15, 0.2) is 0 Å². The van der Waals surface area contributed by atoms with Crippen molar-refractivity contribution >= 4 is 11.5 Å². The van der Waals surface area contributed by atoms with Crippen LogP contribution in [0.4, 0.5) is 11.5 Å². The van der Waals surface area contributed by atoms with Crippen LogP contribution in [0.25, 0.3) is 0 Å². The molecule has 0 N–H and O–H groups in total. The zero-order chi connectivity index (χ0) is 12.8. The van der Waals surface area contributed by atoms with E-state index in [4.69, 9.17) is 4.74 Å². The van der Waals surface area contributed by atoms with Gasteiger partial charge >= 0.3 is 5.69 Å². The SMILES string of the molecule is CCCCN(C)c1nc(OC)ccc1[N+](=O)[O-]. The number of methoxy groups -OCH3 is 1. The first-order valence-electron chi connectivity index (χ1n) is 5.50. The molecule has 6 nitrogen and oxygen atoms in total. The molecule has 17 heavy (non-hydrogen) atoms. The largest absolute Gasteiger partial charge is 0.481 e. The van der Waals surface area contributed by atoms with Crippen molar-refractivity contribution in [2.75, 3.05) is 25.6 Å². The van der Waals surface area contributed by atoms with Gasteiger partial charge in [0.25, 0.3) is 0 Å². The van der Waals surface area contributed by atoms with E-state index >= 15 is 0 Å². The molecule has 1 aromatic rings. The molecule has 0 aliphatic heterocycles. The van der Waals surface area contributed by atoms with Gasteiger partial charge in [-0.25, -0.2) is 0 Å². The van der Waals surface area contributed by atoms with E-state index in [0.717, 1.165) is 19.4 Å². The first-order valence-corrected chi connectivity index (χ1v) is 5.50. The number of ether oxygens (including phenoxy) is 1. The fourth-order valence-electron chi connectivity index (χ4n) is 1.46. The van der Waals surface area contributed by atoms with Crippen molar-refractivity contribution in [3.63, 3.8) is 0 Å². The number of aromatic nitrogens is 1. The number of rotatable bonds is 6. The minimum atomic E-state index is -0.426. The normalized spacial score (nSPS) is 10.1. The number of nitrogens with zero attached hydrogens (tertiary/aromatic N) is 3. The average molecular weight is 239 g/mol. The maximum atomic E-state index is 10.9. The highest BCUT2D eigenvalue weighted by Gasteiger charge is 2.19. The number of hydrogen-bond acceptors (Lipinski definition) is 5. The van der Waals surface area contributed by atoms with Gasteiger partial charge in [-0.05, 0) is 6.42 Å². The van der Waals surface area contributed by atoms with Crippen LogP contribution in [-0.4, -0.2) is 30.6 Å². The van der Waals surface area contributed by atoms with Gasteiger partial charge in [-0.15, -0.1) is 0 Å². The van der Waals surface area contributed by atoms with Gasteiger partial charge in [0.2, 0.25) is 11.7 Å². The Balaban J connectivity index is 3.03. The summed E-state index contributed by atoms with van der Waals surface area (Å²) in [7, 11) is 3.29. The van der Waals surface area contributed by atoms with E-state index in [9.17, 15) is 10.1 Å². The van der Waals surface area contributed by atoms with Crippen LogP contribution < -0.4 is 9.64 Å². The minimum absolute atomic E-state index is 0.00408. The van der Waals surface area contributed by atoms with E-state index in [1.165, 1.54) is 19.2 Å². The molecule has 0 spiro atoms. The highest BCUT2D eigenvalue weighted by atomic mass is 16.6. The van der Waals surface area contributed by atoms with Crippen LogP contribution >= 0.6 is 0 Å². The molecule has 0 fully saturated rings. The molecule has 6 heteroatoms. The van der Waals surface area contributed by atoms with Crippen LogP contribution in [0.5, 0.6) is 5.88 Å². The standard InChI is InChI=1S/C11H17N3O3/c1-4-5-8-13(2)11-9(14(15)16)6-7-10(12-11)17-3/h6-7H,4-5,8H2,1-3H3. The van der Waals surface area contributed by atoms with Crippen molar-refractivity contribution < 1.29 is 9.66 Å². The van der Waals surface area contributed by atoms with Crippen molar-refractivity contribution in [3.05, 3.63) is 22.2 Å². The predicted molar refractivity (Wildman–Crippen MR) is 65.6 cm³/mol. The Bertz CT molecular complexity index is 396. The molecule has 0 aliphatic rings. The third-order valence-electron chi connectivity index (χ3n) is 2.44. The highest BCUT2D eigenvalue weighted by Crippen LogP contribution is 2.27. The van der Waals surface area contributed by atoms with Crippen molar-refractivity contribution in [2.45, 2.75) is 19.8 Å². The summed E-state index contributed by atoms with van der Waals surface area (Å²) in [5.74, 6) is 0.733. The van der Waals surface area contributed by atoms with Crippen molar-refractivity contribution in [2.24, 2.45) is 0 Å². The Morgan fingerprint density at radius 1 is 1.53 bits per heavy atom. The molecule has 0 saturated heterocycles. The lowest BCUT2D eigenvalue weighted by molar-refractivity contribution is -0.384. The van der Waals surface area contributed by atoms with Gasteiger partial charge in [-0.3, -0.25) is 10.1 Å². The number of pyridine rings is 1. The molecule has 0 radical (unpaired) electrons. The Labute approximate surface area is 100 Å². The maximum Gasteiger partial charge on any atom is 0.311 e. The van der Waals surface area contributed by atoms with Gasteiger partial charge in [0, 0.05) is 25.7 Å². The Hall–Kier alpha value is -1.85. The average Bonchev–Trinajstić information content (AvgIpc) is 2.34. The lowest BCUT2D eigenvalue weighted by Gasteiger charge is -2.17. The monoisotopic (exact) mass is 239 g/mol. The molecular formula is C11H17N3O3. The second kappa shape index (κ2) is 6.03. The van der Waals surface area contributed by atoms with E-state index in [2.05, 4.69) is 11.9 Å². The van der Waals surface area contributed by atoms with Gasteiger partial charge in [-0.2, -0.15) is 4.98 Å². The number of anilines is 1. The molecule has 0 aromatic carbocycles. The van der Waals surface area contributed by atoms with Crippen LogP contribution in [-0.2, 0) is 0 Å². The Kier molecular flexibility index (Phi) is 4.68. The summed E-state index contributed by atoms with van der Waals surface area (Å²) in [6, 6.07) is 2.92. The number of unbranched alkanes of at least 4 members (excludes halogenated alkanes) is 1. The van der Waals surface area contributed by atoms with Crippen LogP contribution in [0.1, 0.15) is 19.8 Å². The summed E-state index contributed by atoms with van der Waals surface area (Å²) < 4.78 is 4.98. The first kappa shape index (κ1) is 13.2. The molecule has 1 rings (SSSR count). The summed E-state index contributed by atoms with van der Waals surface area (Å²) in [5, 5.41) is 10.9. The summed E-state index contributed by atoms with van der Waals surface area (Å²) in [6.07, 6.45) is 1.99.